The van der Waals surface area contributed by atoms with Crippen molar-refractivity contribution in [1.29, 1.82) is 0 Å². The van der Waals surface area contributed by atoms with Crippen molar-refractivity contribution in [3.05, 3.63) is 52.5 Å². The molecule has 0 radical (unpaired) electrons. The highest BCUT2D eigenvalue weighted by atomic mass is 79.9. The van der Waals surface area contributed by atoms with E-state index in [1.807, 2.05) is 12.1 Å². The molecule has 7 heteroatoms. The molecule has 1 aromatic carbocycles. The van der Waals surface area contributed by atoms with E-state index in [1.165, 1.54) is 6.07 Å². The average Bonchev–Trinajstić information content (AvgIpc) is 2.39. The Morgan fingerprint density at radius 1 is 1.25 bits per heavy atom. The monoisotopic (exact) mass is 346 g/mol. The molecular formula is C13H10BrF3N2O. The van der Waals surface area contributed by atoms with Crippen LogP contribution in [0, 0.1) is 5.82 Å². The van der Waals surface area contributed by atoms with Gasteiger partial charge in [0.15, 0.2) is 11.6 Å². The normalized spacial score (nSPS) is 10.7. The van der Waals surface area contributed by atoms with Crippen LogP contribution in [-0.2, 0) is 6.54 Å². The number of hydrogen-bond donors (Lipinski definition) is 1. The highest BCUT2D eigenvalue weighted by molar-refractivity contribution is 9.10. The third-order valence-electron chi connectivity index (χ3n) is 2.39. The van der Waals surface area contributed by atoms with Crippen molar-refractivity contribution in [2.45, 2.75) is 13.2 Å². The Bertz CT molecular complexity index is 596. The van der Waals surface area contributed by atoms with Crippen molar-refractivity contribution in [2.24, 2.45) is 0 Å². The minimum absolute atomic E-state index is 0.383. The number of ether oxygens (including phenoxy) is 1. The molecule has 0 aliphatic rings. The van der Waals surface area contributed by atoms with Gasteiger partial charge in [-0.1, -0.05) is 6.07 Å². The maximum absolute atomic E-state index is 13.5. The van der Waals surface area contributed by atoms with Gasteiger partial charge in [0.05, 0.1) is 12.2 Å². The van der Waals surface area contributed by atoms with Crippen LogP contribution >= 0.6 is 15.9 Å². The molecule has 0 amide bonds. The van der Waals surface area contributed by atoms with Crippen LogP contribution in [0.25, 0.3) is 0 Å². The number of nitrogens with one attached hydrogen (secondary N) is 1. The molecule has 20 heavy (non-hydrogen) atoms. The molecule has 0 aliphatic carbocycles. The second kappa shape index (κ2) is 6.60. The first-order valence-corrected chi connectivity index (χ1v) is 6.43. The summed E-state index contributed by atoms with van der Waals surface area (Å²) >= 11 is 3.25. The first-order chi connectivity index (χ1) is 9.54. The zero-order valence-electron chi connectivity index (χ0n) is 10.1. The quantitative estimate of drug-likeness (QED) is 0.824. The Kier molecular flexibility index (Phi) is 4.84. The van der Waals surface area contributed by atoms with Gasteiger partial charge in [-0.25, -0.2) is 9.37 Å². The molecule has 1 aromatic heterocycles. The number of hydrogen-bond acceptors (Lipinski definition) is 3. The Labute approximate surface area is 121 Å². The van der Waals surface area contributed by atoms with Gasteiger partial charge >= 0.3 is 6.61 Å². The van der Waals surface area contributed by atoms with Gasteiger partial charge in [0.25, 0.3) is 0 Å². The lowest BCUT2D eigenvalue weighted by Gasteiger charge is -2.09. The van der Waals surface area contributed by atoms with Crippen molar-refractivity contribution in [2.75, 3.05) is 5.32 Å². The van der Waals surface area contributed by atoms with E-state index in [0.29, 0.717) is 16.8 Å². The fraction of sp³-hybridized carbons (Fsp3) is 0.154. The van der Waals surface area contributed by atoms with Gasteiger partial charge in [-0.05, 0) is 40.2 Å². The maximum Gasteiger partial charge on any atom is 0.387 e. The molecule has 3 nitrogen and oxygen atoms in total. The van der Waals surface area contributed by atoms with Gasteiger partial charge in [-0.15, -0.1) is 0 Å². The summed E-state index contributed by atoms with van der Waals surface area (Å²) in [6, 6.07) is 9.13. The summed E-state index contributed by atoms with van der Waals surface area (Å²) in [6.45, 7) is -2.66. The summed E-state index contributed by atoms with van der Waals surface area (Å²) < 4.78 is 42.2. The zero-order chi connectivity index (χ0) is 14.5. The number of nitrogens with zero attached hydrogens (tertiary/aromatic N) is 1. The maximum atomic E-state index is 13.5. The van der Waals surface area contributed by atoms with Crippen molar-refractivity contribution in [3.8, 4) is 5.75 Å². The van der Waals surface area contributed by atoms with E-state index >= 15 is 0 Å². The van der Waals surface area contributed by atoms with E-state index in [1.54, 1.807) is 6.07 Å². The minimum Gasteiger partial charge on any atom is -0.432 e. The number of benzene rings is 1. The summed E-state index contributed by atoms with van der Waals surface area (Å²) in [5.74, 6) is -1.33. The molecule has 0 saturated carbocycles. The SMILES string of the molecule is Fc1cc(NCc2cccc(Br)n2)ccc1OC(F)F. The zero-order valence-corrected chi connectivity index (χ0v) is 11.7. The van der Waals surface area contributed by atoms with Crippen molar-refractivity contribution in [3.63, 3.8) is 0 Å². The Hall–Kier alpha value is -1.76. The van der Waals surface area contributed by atoms with Gasteiger partial charge in [-0.3, -0.25) is 0 Å². The molecule has 0 saturated heterocycles. The van der Waals surface area contributed by atoms with Crippen LogP contribution in [0.5, 0.6) is 5.75 Å². The first-order valence-electron chi connectivity index (χ1n) is 5.64. The summed E-state index contributed by atoms with van der Waals surface area (Å²) in [5, 5.41) is 2.94. The molecule has 1 heterocycles. The molecule has 0 bridgehead atoms. The highest BCUT2D eigenvalue weighted by Gasteiger charge is 2.10. The van der Waals surface area contributed by atoms with E-state index < -0.39 is 18.2 Å². The second-order valence-electron chi connectivity index (χ2n) is 3.83. The predicted octanol–water partition coefficient (Wildman–Crippen LogP) is 4.20. The number of aromatic nitrogens is 1. The molecule has 0 aliphatic heterocycles. The molecule has 2 aromatic rings. The Balaban J connectivity index is 2.02. The van der Waals surface area contributed by atoms with E-state index in [2.05, 4.69) is 31.0 Å². The van der Waals surface area contributed by atoms with Gasteiger partial charge in [0, 0.05) is 11.8 Å². The summed E-state index contributed by atoms with van der Waals surface area (Å²) in [6.07, 6.45) is 0. The number of alkyl halides is 2. The number of rotatable bonds is 5. The van der Waals surface area contributed by atoms with E-state index in [-0.39, 0.29) is 0 Å². The van der Waals surface area contributed by atoms with E-state index in [9.17, 15) is 13.2 Å². The van der Waals surface area contributed by atoms with Crippen LogP contribution in [0.2, 0.25) is 0 Å². The minimum atomic E-state index is -3.05. The molecule has 0 fully saturated rings. The Morgan fingerprint density at radius 3 is 2.70 bits per heavy atom. The molecule has 0 atom stereocenters. The summed E-state index contributed by atoms with van der Waals surface area (Å²) in [5.41, 5.74) is 1.21. The first kappa shape index (κ1) is 14.6. The third kappa shape index (κ3) is 4.12. The van der Waals surface area contributed by atoms with Crippen molar-refractivity contribution in [1.82, 2.24) is 4.98 Å². The van der Waals surface area contributed by atoms with Gasteiger partial charge in [0.1, 0.15) is 4.60 Å². The summed E-state index contributed by atoms with van der Waals surface area (Å²) in [4.78, 5) is 4.20. The smallest absolute Gasteiger partial charge is 0.387 e. The largest absolute Gasteiger partial charge is 0.432 e. The van der Waals surface area contributed by atoms with Gasteiger partial charge in [-0.2, -0.15) is 8.78 Å². The molecule has 106 valence electrons. The predicted molar refractivity (Wildman–Crippen MR) is 72.3 cm³/mol. The van der Waals surface area contributed by atoms with Gasteiger partial charge < -0.3 is 10.1 Å². The fourth-order valence-corrected chi connectivity index (χ4v) is 1.92. The van der Waals surface area contributed by atoms with Crippen LogP contribution in [0.1, 0.15) is 5.69 Å². The molecule has 1 N–H and O–H groups in total. The van der Waals surface area contributed by atoms with Crippen LogP contribution in [0.15, 0.2) is 41.0 Å². The Morgan fingerprint density at radius 2 is 2.05 bits per heavy atom. The fourth-order valence-electron chi connectivity index (χ4n) is 1.54. The third-order valence-corrected chi connectivity index (χ3v) is 2.84. The standard InChI is InChI=1S/C13H10BrF3N2O/c14-12-3-1-2-9(19-12)7-18-8-4-5-11(10(15)6-8)20-13(16)17/h1-6,13,18H,7H2. The average molecular weight is 347 g/mol. The molecular weight excluding hydrogens is 337 g/mol. The van der Waals surface area contributed by atoms with E-state index in [0.717, 1.165) is 17.8 Å². The highest BCUT2D eigenvalue weighted by Crippen LogP contribution is 2.23. The molecule has 0 spiro atoms. The van der Waals surface area contributed by atoms with Crippen LogP contribution < -0.4 is 10.1 Å². The lowest BCUT2D eigenvalue weighted by atomic mass is 10.2. The topological polar surface area (TPSA) is 34.2 Å². The van der Waals surface area contributed by atoms with E-state index in [4.69, 9.17) is 0 Å². The lowest BCUT2D eigenvalue weighted by Crippen LogP contribution is -2.05. The summed E-state index contributed by atoms with van der Waals surface area (Å²) in [7, 11) is 0. The number of pyridine rings is 1. The van der Waals surface area contributed by atoms with Crippen LogP contribution in [0.3, 0.4) is 0 Å². The van der Waals surface area contributed by atoms with Gasteiger partial charge in [0.2, 0.25) is 0 Å². The number of anilines is 1. The number of halogens is 4. The second-order valence-corrected chi connectivity index (χ2v) is 4.64. The van der Waals surface area contributed by atoms with Crippen LogP contribution in [-0.4, -0.2) is 11.6 Å². The molecule has 2 rings (SSSR count). The van der Waals surface area contributed by atoms with Crippen molar-refractivity contribution >= 4 is 21.6 Å². The van der Waals surface area contributed by atoms with Crippen molar-refractivity contribution < 1.29 is 17.9 Å². The molecule has 0 unspecified atom stereocenters. The lowest BCUT2D eigenvalue weighted by molar-refractivity contribution is -0.0521. The van der Waals surface area contributed by atoms with Crippen LogP contribution in [0.4, 0.5) is 18.9 Å².